The molecule has 0 unspecified atom stereocenters. The summed E-state index contributed by atoms with van der Waals surface area (Å²) >= 11 is 1.61. The van der Waals surface area contributed by atoms with Crippen LogP contribution in [-0.4, -0.2) is 37.0 Å². The summed E-state index contributed by atoms with van der Waals surface area (Å²) < 4.78 is 13.5. The number of guanidine groups is 1. The van der Waals surface area contributed by atoms with Crippen LogP contribution in [0.2, 0.25) is 0 Å². The monoisotopic (exact) mass is 505 g/mol. The zero-order chi connectivity index (χ0) is 18.9. The van der Waals surface area contributed by atoms with E-state index >= 15 is 0 Å². The second kappa shape index (κ2) is 11.9. The highest BCUT2D eigenvalue weighted by Crippen LogP contribution is 2.17. The predicted octanol–water partition coefficient (Wildman–Crippen LogP) is 3.12. The van der Waals surface area contributed by atoms with E-state index in [2.05, 4.69) is 45.2 Å². The summed E-state index contributed by atoms with van der Waals surface area (Å²) in [5.41, 5.74) is 1.13. The van der Waals surface area contributed by atoms with Crippen molar-refractivity contribution in [2.75, 3.05) is 20.1 Å². The highest BCUT2D eigenvalue weighted by molar-refractivity contribution is 14.0. The van der Waals surface area contributed by atoms with Crippen molar-refractivity contribution in [1.29, 1.82) is 0 Å². The van der Waals surface area contributed by atoms with Crippen molar-refractivity contribution in [3.63, 3.8) is 0 Å². The molecule has 6 nitrogen and oxygen atoms in total. The molecular weight excluding hydrogens is 480 g/mol. The van der Waals surface area contributed by atoms with E-state index in [1.807, 2.05) is 0 Å². The third-order valence-corrected chi connectivity index (χ3v) is 4.48. The molecule has 0 saturated carbocycles. The summed E-state index contributed by atoms with van der Waals surface area (Å²) in [7, 11) is 1.68. The van der Waals surface area contributed by atoms with Gasteiger partial charge < -0.3 is 16.0 Å². The Bertz CT molecular complexity index is 766. The van der Waals surface area contributed by atoms with E-state index in [9.17, 15) is 9.18 Å². The first-order valence-electron chi connectivity index (χ1n) is 8.42. The van der Waals surface area contributed by atoms with Crippen LogP contribution in [0.15, 0.2) is 34.6 Å². The minimum atomic E-state index is -0.528. The number of hydrogen-bond donors (Lipinski definition) is 3. The van der Waals surface area contributed by atoms with Gasteiger partial charge in [-0.25, -0.2) is 9.37 Å². The number of aromatic nitrogens is 1. The van der Waals surface area contributed by atoms with E-state index < -0.39 is 11.7 Å². The Morgan fingerprint density at radius 2 is 1.93 bits per heavy atom. The highest BCUT2D eigenvalue weighted by Gasteiger charge is 2.10. The Labute approximate surface area is 180 Å². The van der Waals surface area contributed by atoms with Crippen LogP contribution in [0.1, 0.15) is 40.8 Å². The molecule has 27 heavy (non-hydrogen) atoms. The van der Waals surface area contributed by atoms with Crippen LogP contribution < -0.4 is 16.0 Å². The van der Waals surface area contributed by atoms with E-state index in [1.54, 1.807) is 30.5 Å². The fourth-order valence-corrected chi connectivity index (χ4v) is 3.04. The third kappa shape index (κ3) is 7.41. The van der Waals surface area contributed by atoms with Crippen LogP contribution in [0, 0.1) is 5.82 Å². The van der Waals surface area contributed by atoms with E-state index in [0.29, 0.717) is 31.5 Å². The molecule has 1 aromatic heterocycles. The molecule has 3 N–H and O–H groups in total. The number of carbonyl (C=O) groups excluding carboxylic acids is 1. The summed E-state index contributed by atoms with van der Waals surface area (Å²) in [6.45, 7) is 5.63. The molecule has 2 rings (SSSR count). The normalized spacial score (nSPS) is 11.1. The van der Waals surface area contributed by atoms with Crippen molar-refractivity contribution < 1.29 is 9.18 Å². The molecule has 0 spiro atoms. The quantitative estimate of drug-likeness (QED) is 0.234. The number of aliphatic imine (C=N–C) groups is 1. The molecule has 0 bridgehead atoms. The van der Waals surface area contributed by atoms with E-state index in [1.165, 1.54) is 12.1 Å². The van der Waals surface area contributed by atoms with Crippen LogP contribution in [0.25, 0.3) is 0 Å². The van der Waals surface area contributed by atoms with Gasteiger partial charge in [0.15, 0.2) is 5.96 Å². The lowest BCUT2D eigenvalue weighted by molar-refractivity contribution is 0.0950. The van der Waals surface area contributed by atoms with Gasteiger partial charge in [0.2, 0.25) is 0 Å². The zero-order valence-corrected chi connectivity index (χ0v) is 18.7. The van der Waals surface area contributed by atoms with Crippen molar-refractivity contribution in [1.82, 2.24) is 20.9 Å². The molecule has 0 radical (unpaired) electrons. The summed E-state index contributed by atoms with van der Waals surface area (Å²) in [4.78, 5) is 20.6. The lowest BCUT2D eigenvalue weighted by Crippen LogP contribution is -2.41. The smallest absolute Gasteiger partial charge is 0.254 e. The van der Waals surface area contributed by atoms with Crippen molar-refractivity contribution in [2.24, 2.45) is 4.99 Å². The SMILES string of the molecule is CN=C(NCCNC(=O)c1ccccc1F)NCc1nc(C(C)C)cs1.I. The highest BCUT2D eigenvalue weighted by atomic mass is 127. The minimum Gasteiger partial charge on any atom is -0.355 e. The molecule has 0 saturated heterocycles. The predicted molar refractivity (Wildman–Crippen MR) is 119 cm³/mol. The largest absolute Gasteiger partial charge is 0.355 e. The number of halogens is 2. The van der Waals surface area contributed by atoms with Crippen LogP contribution in [0.4, 0.5) is 4.39 Å². The lowest BCUT2D eigenvalue weighted by Gasteiger charge is -2.11. The maximum atomic E-state index is 13.5. The Kier molecular flexibility index (Phi) is 10.2. The van der Waals surface area contributed by atoms with Crippen LogP contribution in [-0.2, 0) is 6.54 Å². The molecular formula is C18H25FIN5OS. The first-order chi connectivity index (χ1) is 12.5. The first-order valence-corrected chi connectivity index (χ1v) is 9.30. The molecule has 1 heterocycles. The van der Waals surface area contributed by atoms with Crippen molar-refractivity contribution in [2.45, 2.75) is 26.3 Å². The topological polar surface area (TPSA) is 78.4 Å². The summed E-state index contributed by atoms with van der Waals surface area (Å²) in [5, 5.41) is 12.0. The molecule has 0 aliphatic heterocycles. The lowest BCUT2D eigenvalue weighted by atomic mass is 10.2. The fraction of sp³-hybridized carbons (Fsp3) is 0.389. The number of amides is 1. The summed E-state index contributed by atoms with van der Waals surface area (Å²) in [6.07, 6.45) is 0. The number of hydrogen-bond acceptors (Lipinski definition) is 4. The Morgan fingerprint density at radius 3 is 2.56 bits per heavy atom. The molecule has 0 aliphatic carbocycles. The third-order valence-electron chi connectivity index (χ3n) is 3.61. The second-order valence-corrected chi connectivity index (χ2v) is 6.85. The molecule has 148 valence electrons. The van der Waals surface area contributed by atoms with Gasteiger partial charge in [-0.3, -0.25) is 9.79 Å². The average Bonchev–Trinajstić information content (AvgIpc) is 3.10. The number of nitrogens with one attached hydrogen (secondary N) is 3. The number of thiazole rings is 1. The minimum absolute atomic E-state index is 0. The van der Waals surface area contributed by atoms with Crippen LogP contribution in [0.3, 0.4) is 0 Å². The first kappa shape index (κ1) is 23.3. The van der Waals surface area contributed by atoms with Gasteiger partial charge in [0.05, 0.1) is 17.8 Å². The maximum absolute atomic E-state index is 13.5. The standard InChI is InChI=1S/C18H24FN5OS.HI/c1-12(2)15-11-26-16(24-15)10-23-18(20-3)22-9-8-21-17(25)13-6-4-5-7-14(13)19;/h4-7,11-12H,8-10H2,1-3H3,(H,21,25)(H2,20,22,23);1H. The van der Waals surface area contributed by atoms with E-state index in [0.717, 1.165) is 10.7 Å². The number of benzene rings is 1. The molecule has 0 aliphatic rings. The molecule has 2 aromatic rings. The van der Waals surface area contributed by atoms with Crippen molar-refractivity contribution in [3.05, 3.63) is 51.7 Å². The maximum Gasteiger partial charge on any atom is 0.254 e. The zero-order valence-electron chi connectivity index (χ0n) is 15.6. The Morgan fingerprint density at radius 1 is 1.22 bits per heavy atom. The molecule has 0 fully saturated rings. The van der Waals surface area contributed by atoms with Gasteiger partial charge in [-0.1, -0.05) is 26.0 Å². The van der Waals surface area contributed by atoms with Gasteiger partial charge in [-0.2, -0.15) is 0 Å². The van der Waals surface area contributed by atoms with E-state index in [4.69, 9.17) is 0 Å². The number of nitrogens with zero attached hydrogens (tertiary/aromatic N) is 2. The van der Waals surface area contributed by atoms with Crippen molar-refractivity contribution in [3.8, 4) is 0 Å². The van der Waals surface area contributed by atoms with Gasteiger partial charge in [0.1, 0.15) is 10.8 Å². The van der Waals surface area contributed by atoms with Gasteiger partial charge in [0.25, 0.3) is 5.91 Å². The molecule has 1 amide bonds. The van der Waals surface area contributed by atoms with Crippen LogP contribution in [0.5, 0.6) is 0 Å². The Balaban J connectivity index is 0.00000364. The van der Waals surface area contributed by atoms with Gasteiger partial charge in [-0.05, 0) is 18.1 Å². The molecule has 9 heteroatoms. The average molecular weight is 505 g/mol. The van der Waals surface area contributed by atoms with Crippen molar-refractivity contribution >= 4 is 47.2 Å². The summed E-state index contributed by atoms with van der Waals surface area (Å²) in [6, 6.07) is 5.90. The molecule has 0 atom stereocenters. The Hall–Kier alpha value is -1.75. The fourth-order valence-electron chi connectivity index (χ4n) is 2.15. The summed E-state index contributed by atoms with van der Waals surface area (Å²) in [5.74, 6) is 0.0680. The van der Waals surface area contributed by atoms with Gasteiger partial charge >= 0.3 is 0 Å². The molecule has 1 aromatic carbocycles. The second-order valence-electron chi connectivity index (χ2n) is 5.91. The van der Waals surface area contributed by atoms with E-state index in [-0.39, 0.29) is 29.5 Å². The number of carbonyl (C=O) groups is 1. The van der Waals surface area contributed by atoms with Crippen LogP contribution >= 0.6 is 35.3 Å². The number of rotatable bonds is 7. The van der Waals surface area contributed by atoms with Gasteiger partial charge in [-0.15, -0.1) is 35.3 Å². The van der Waals surface area contributed by atoms with Gasteiger partial charge in [0, 0.05) is 25.5 Å².